The largest absolute Gasteiger partial charge is 0.274 e. The molecule has 1 aromatic rings. The minimum absolute atomic E-state index is 0.117. The molecule has 0 aliphatic carbocycles. The van der Waals surface area contributed by atoms with Gasteiger partial charge >= 0.3 is 0 Å². The number of anilines is 1. The Labute approximate surface area is 107 Å². The summed E-state index contributed by atoms with van der Waals surface area (Å²) in [6.07, 6.45) is -0.117. The van der Waals surface area contributed by atoms with Gasteiger partial charge in [-0.05, 0) is 18.2 Å². The molecule has 1 aromatic carbocycles. The van der Waals surface area contributed by atoms with Crippen LogP contribution in [0.25, 0.3) is 0 Å². The molecule has 17 heavy (non-hydrogen) atoms. The molecule has 0 aromatic heterocycles. The maximum Gasteiger partial charge on any atom is 0.240 e. The summed E-state index contributed by atoms with van der Waals surface area (Å²) in [5.74, 6) is -1.89. The molecule has 0 saturated carbocycles. The average molecular weight is 276 g/mol. The van der Waals surface area contributed by atoms with Crippen LogP contribution in [0.2, 0.25) is 10.0 Å². The fourth-order valence-electron chi connectivity index (χ4n) is 1.73. The van der Waals surface area contributed by atoms with Crippen molar-refractivity contribution >= 4 is 40.7 Å². The molecule has 2 amide bonds. The zero-order valence-electron chi connectivity index (χ0n) is 8.62. The maximum atomic E-state index is 12.5. The molecular weight excluding hydrogens is 268 g/mol. The second-order valence-electron chi connectivity index (χ2n) is 3.72. The normalized spacial score (nSPS) is 20.2. The van der Waals surface area contributed by atoms with E-state index in [-0.39, 0.29) is 17.1 Å². The van der Waals surface area contributed by atoms with Crippen LogP contribution in [0.5, 0.6) is 0 Å². The smallest absolute Gasteiger partial charge is 0.240 e. The van der Waals surface area contributed by atoms with Crippen molar-refractivity contribution in [2.75, 3.05) is 11.6 Å². The summed E-state index contributed by atoms with van der Waals surface area (Å²) in [4.78, 5) is 24.3. The molecule has 0 spiro atoms. The maximum absolute atomic E-state index is 12.5. The van der Waals surface area contributed by atoms with Gasteiger partial charge in [0.05, 0.1) is 16.6 Å². The van der Waals surface area contributed by atoms with E-state index >= 15 is 0 Å². The van der Waals surface area contributed by atoms with Crippen LogP contribution in [0.3, 0.4) is 0 Å². The summed E-state index contributed by atoms with van der Waals surface area (Å²) < 4.78 is 12.5. The second kappa shape index (κ2) is 4.63. The number of amides is 2. The van der Waals surface area contributed by atoms with Gasteiger partial charge in [-0.15, -0.1) is 0 Å². The minimum atomic E-state index is -0.894. The fraction of sp³-hybridized carbons (Fsp3) is 0.273. The van der Waals surface area contributed by atoms with Gasteiger partial charge in [-0.25, -0.2) is 4.90 Å². The van der Waals surface area contributed by atoms with Crippen LogP contribution in [0.4, 0.5) is 10.1 Å². The van der Waals surface area contributed by atoms with Crippen molar-refractivity contribution in [3.8, 4) is 0 Å². The zero-order chi connectivity index (χ0) is 12.6. The Kier molecular flexibility index (Phi) is 3.35. The monoisotopic (exact) mass is 275 g/mol. The van der Waals surface area contributed by atoms with Gasteiger partial charge in [0.15, 0.2) is 0 Å². The van der Waals surface area contributed by atoms with Gasteiger partial charge in [0.2, 0.25) is 11.8 Å². The van der Waals surface area contributed by atoms with Gasteiger partial charge in [0.25, 0.3) is 0 Å². The summed E-state index contributed by atoms with van der Waals surface area (Å²) in [6, 6.07) is 4.43. The minimum Gasteiger partial charge on any atom is -0.274 e. The van der Waals surface area contributed by atoms with Gasteiger partial charge in [-0.2, -0.15) is 0 Å². The molecule has 3 nitrogen and oxygen atoms in total. The number of hydrogen-bond acceptors (Lipinski definition) is 2. The van der Waals surface area contributed by atoms with Gasteiger partial charge in [-0.1, -0.05) is 23.2 Å². The van der Waals surface area contributed by atoms with Crippen molar-refractivity contribution in [3.63, 3.8) is 0 Å². The Bertz CT molecular complexity index is 492. The number of carbonyl (C=O) groups excluding carboxylic acids is 2. The highest BCUT2D eigenvalue weighted by Gasteiger charge is 2.40. The van der Waals surface area contributed by atoms with Crippen LogP contribution in [0.15, 0.2) is 18.2 Å². The van der Waals surface area contributed by atoms with Crippen LogP contribution in [0.1, 0.15) is 6.42 Å². The summed E-state index contributed by atoms with van der Waals surface area (Å²) in [5.41, 5.74) is 0.252. The third-order valence-corrected chi connectivity index (χ3v) is 3.11. The lowest BCUT2D eigenvalue weighted by Crippen LogP contribution is -2.31. The number of halogens is 3. The van der Waals surface area contributed by atoms with Crippen LogP contribution < -0.4 is 4.90 Å². The third-order valence-electron chi connectivity index (χ3n) is 2.58. The number of nitrogens with zero attached hydrogens (tertiary/aromatic N) is 1. The molecular formula is C11H8Cl2FNO2. The quantitative estimate of drug-likeness (QED) is 0.779. The highest BCUT2D eigenvalue weighted by molar-refractivity contribution is 6.38. The molecule has 1 aliphatic rings. The van der Waals surface area contributed by atoms with Crippen molar-refractivity contribution in [1.82, 2.24) is 0 Å². The van der Waals surface area contributed by atoms with E-state index < -0.39 is 24.4 Å². The third kappa shape index (κ3) is 2.15. The van der Waals surface area contributed by atoms with Crippen LogP contribution in [0, 0.1) is 5.92 Å². The number of rotatable bonds is 2. The van der Waals surface area contributed by atoms with Crippen LogP contribution in [-0.2, 0) is 9.59 Å². The number of benzene rings is 1. The first kappa shape index (κ1) is 12.3. The Morgan fingerprint density at radius 3 is 2.59 bits per heavy atom. The van der Waals surface area contributed by atoms with E-state index in [2.05, 4.69) is 0 Å². The van der Waals surface area contributed by atoms with E-state index in [4.69, 9.17) is 23.2 Å². The Morgan fingerprint density at radius 1 is 1.35 bits per heavy atom. The van der Waals surface area contributed by atoms with Crippen LogP contribution >= 0.6 is 23.2 Å². The van der Waals surface area contributed by atoms with Gasteiger partial charge in [0.1, 0.15) is 6.67 Å². The van der Waals surface area contributed by atoms with Gasteiger partial charge in [0, 0.05) is 11.4 Å². The first-order valence-electron chi connectivity index (χ1n) is 4.92. The molecule has 0 N–H and O–H groups in total. The van der Waals surface area contributed by atoms with Crippen LogP contribution in [-0.4, -0.2) is 18.5 Å². The van der Waals surface area contributed by atoms with E-state index in [1.807, 2.05) is 0 Å². The highest BCUT2D eigenvalue weighted by atomic mass is 35.5. The van der Waals surface area contributed by atoms with E-state index in [1.54, 1.807) is 0 Å². The lowest BCUT2D eigenvalue weighted by Gasteiger charge is -2.16. The SMILES string of the molecule is O=C1CC(CF)C(=O)N1c1ccc(Cl)cc1Cl. The predicted molar refractivity (Wildman–Crippen MR) is 63.0 cm³/mol. The Morgan fingerprint density at radius 2 is 2.06 bits per heavy atom. The molecule has 1 atom stereocenters. The van der Waals surface area contributed by atoms with Crippen molar-refractivity contribution < 1.29 is 14.0 Å². The Hall–Kier alpha value is -1.13. The van der Waals surface area contributed by atoms with E-state index in [9.17, 15) is 14.0 Å². The molecule has 1 aliphatic heterocycles. The summed E-state index contributed by atoms with van der Waals surface area (Å²) >= 11 is 11.6. The van der Waals surface area contributed by atoms with Crippen molar-refractivity contribution in [3.05, 3.63) is 28.2 Å². The average Bonchev–Trinajstić information content (AvgIpc) is 2.55. The predicted octanol–water partition coefficient (Wildman–Crippen LogP) is 2.84. The van der Waals surface area contributed by atoms with E-state index in [1.165, 1.54) is 18.2 Å². The fourth-order valence-corrected chi connectivity index (χ4v) is 2.22. The molecule has 1 heterocycles. The van der Waals surface area contributed by atoms with Crippen molar-refractivity contribution in [1.29, 1.82) is 0 Å². The molecule has 2 rings (SSSR count). The van der Waals surface area contributed by atoms with Crippen molar-refractivity contribution in [2.45, 2.75) is 6.42 Å². The lowest BCUT2D eigenvalue weighted by atomic mass is 10.1. The number of hydrogen-bond donors (Lipinski definition) is 0. The number of imide groups is 1. The van der Waals surface area contributed by atoms with Crippen molar-refractivity contribution in [2.24, 2.45) is 5.92 Å². The number of carbonyl (C=O) groups is 2. The molecule has 0 bridgehead atoms. The van der Waals surface area contributed by atoms with Gasteiger partial charge in [-0.3, -0.25) is 14.0 Å². The first-order chi connectivity index (χ1) is 8.04. The Balaban J connectivity index is 2.40. The molecule has 90 valence electrons. The standard InChI is InChI=1S/C11H8Cl2FNO2/c12-7-1-2-9(8(13)4-7)15-10(16)3-6(5-14)11(15)17/h1-2,4,6H,3,5H2. The lowest BCUT2D eigenvalue weighted by molar-refractivity contribution is -0.122. The van der Waals surface area contributed by atoms with E-state index in [0.29, 0.717) is 5.02 Å². The number of alkyl halides is 1. The molecule has 1 saturated heterocycles. The van der Waals surface area contributed by atoms with E-state index in [0.717, 1.165) is 4.90 Å². The molecule has 1 fully saturated rings. The molecule has 0 radical (unpaired) electrons. The first-order valence-corrected chi connectivity index (χ1v) is 5.68. The molecule has 6 heteroatoms. The molecule has 1 unspecified atom stereocenters. The second-order valence-corrected chi connectivity index (χ2v) is 4.56. The zero-order valence-corrected chi connectivity index (χ0v) is 10.1. The highest BCUT2D eigenvalue weighted by Crippen LogP contribution is 2.33. The summed E-state index contributed by atoms with van der Waals surface area (Å²) in [6.45, 7) is -0.841. The van der Waals surface area contributed by atoms with Gasteiger partial charge < -0.3 is 0 Å². The summed E-state index contributed by atoms with van der Waals surface area (Å²) in [7, 11) is 0. The summed E-state index contributed by atoms with van der Waals surface area (Å²) in [5, 5.41) is 0.596. The topological polar surface area (TPSA) is 37.4 Å².